The molecular formula is C76H70N4O32. The fourth-order valence-corrected chi connectivity index (χ4v) is 11.0. The lowest BCUT2D eigenvalue weighted by Crippen LogP contribution is -2.18. The van der Waals surface area contributed by atoms with Crippen molar-refractivity contribution in [2.45, 2.75) is 0 Å². The molecule has 0 aliphatic carbocycles. The number of carbonyl (C=O) groups is 12. The van der Waals surface area contributed by atoms with Gasteiger partial charge in [0.05, 0.1) is 108 Å². The summed E-state index contributed by atoms with van der Waals surface area (Å²) in [5, 5.41) is 0. The molecule has 0 atom stereocenters. The van der Waals surface area contributed by atoms with Crippen LogP contribution in [0.5, 0.6) is 46.0 Å². The van der Waals surface area contributed by atoms with Gasteiger partial charge in [-0.15, -0.1) is 0 Å². The Morgan fingerprint density at radius 3 is 0.527 bits per heavy atom. The Hall–Kier alpha value is -14.5. The summed E-state index contributed by atoms with van der Waals surface area (Å²) in [6.07, 6.45) is 6.17. The van der Waals surface area contributed by atoms with Crippen molar-refractivity contribution < 1.29 is 152 Å². The van der Waals surface area contributed by atoms with Crippen LogP contribution in [0.15, 0.2) is 72.8 Å². The second-order valence-electron chi connectivity index (χ2n) is 22.8. The Balaban J connectivity index is 1.59. The van der Waals surface area contributed by atoms with Crippen LogP contribution < -0.4 is 37.9 Å². The molecule has 4 aromatic carbocycles. The molecule has 0 spiro atoms. The zero-order valence-corrected chi connectivity index (χ0v) is 61.9. The highest BCUT2D eigenvalue weighted by molar-refractivity contribution is 6.06. The summed E-state index contributed by atoms with van der Waals surface area (Å²) < 4.78 is 108. The van der Waals surface area contributed by atoms with E-state index < -0.39 is 147 Å². The average Bonchev–Trinajstić information content (AvgIpc) is 1.49. The van der Waals surface area contributed by atoms with Crippen LogP contribution >= 0.6 is 0 Å². The van der Waals surface area contributed by atoms with Gasteiger partial charge in [0, 0.05) is 44.3 Å². The maximum Gasteiger partial charge on any atom is 0.345 e. The molecule has 36 heteroatoms. The van der Waals surface area contributed by atoms with Crippen molar-refractivity contribution in [3.63, 3.8) is 0 Å². The molecule has 9 rings (SSSR count). The number of carbonyl (C=O) groups excluding carboxylic acids is 12. The number of rotatable bonds is 32. The fraction of sp³-hybridized carbons (Fsp3) is 0.263. The number of hydrogen-bond acceptors (Lipinski definition) is 34. The van der Waals surface area contributed by atoms with Crippen LogP contribution in [0.1, 0.15) is 64.2 Å². The molecule has 8 bridgehead atoms. The van der Waals surface area contributed by atoms with Gasteiger partial charge in [0.15, 0.2) is 52.9 Å². The number of hydrogen-bond donors (Lipinski definition) is 2. The third-order valence-electron chi connectivity index (χ3n) is 16.3. The first-order valence-corrected chi connectivity index (χ1v) is 32.7. The molecule has 0 fully saturated rings. The average molecular weight is 1550 g/mol. The molecule has 586 valence electrons. The summed E-state index contributed by atoms with van der Waals surface area (Å²) in [5.74, 6) is -14.5. The molecular weight excluding hydrogens is 1480 g/mol. The number of fused-ring (bicyclic) bond motifs is 8. The van der Waals surface area contributed by atoms with Crippen molar-refractivity contribution in [2.24, 2.45) is 0 Å². The van der Waals surface area contributed by atoms with E-state index >= 15 is 0 Å². The molecule has 0 saturated heterocycles. The minimum absolute atomic E-state index is 0.0329. The van der Waals surface area contributed by atoms with Crippen LogP contribution in [-0.4, -0.2) is 230 Å². The standard InChI is InChI=1S/C76H70N4O32/c1-93-57(81)29-105-49-21-37(22-50(69(49)73(89)101-9)106-30-58(82)94-2)65-41-13-15-43(77-41)66(38-23-51(107-31-59(83)95-3)70(74(90)102-10)52(24-38)108-32-60(84)96-4)45-17-19-47(79-45)68(40-27-55(111-35-63(87)99-7)72(76(92)104-12)56(28-40)112-36-64(88)100-8)48-20-18-46(80-48)67(44-16-14-42(65)78-44)39-25-53(109-33-61(85)97-5)71(75(91)103-11)54(26-39)110-34-62(86)98-6/h13-28,77,80H,29-36H2,1-12H3. The van der Waals surface area contributed by atoms with Gasteiger partial charge in [-0.1, -0.05) is 0 Å². The van der Waals surface area contributed by atoms with Crippen LogP contribution in [0.3, 0.4) is 0 Å². The van der Waals surface area contributed by atoms with Crippen molar-refractivity contribution in [3.05, 3.63) is 118 Å². The number of H-pyrrole nitrogens is 2. The second-order valence-corrected chi connectivity index (χ2v) is 22.8. The molecule has 5 heterocycles. The van der Waals surface area contributed by atoms with Crippen molar-refractivity contribution in [1.82, 2.24) is 19.9 Å². The van der Waals surface area contributed by atoms with E-state index in [1.165, 1.54) is 48.5 Å². The predicted octanol–water partition coefficient (Wildman–Crippen LogP) is 6.88. The highest BCUT2D eigenvalue weighted by atomic mass is 16.6. The van der Waals surface area contributed by atoms with E-state index in [9.17, 15) is 57.5 Å². The lowest BCUT2D eigenvalue weighted by Gasteiger charge is -2.17. The lowest BCUT2D eigenvalue weighted by molar-refractivity contribution is -0.143. The number of nitrogens with zero attached hydrogens (tertiary/aromatic N) is 2. The number of nitrogens with one attached hydrogen (secondary N) is 2. The number of ether oxygens (including phenoxy) is 20. The lowest BCUT2D eigenvalue weighted by atomic mass is 10.00. The monoisotopic (exact) mass is 1550 g/mol. The first kappa shape index (κ1) is 81.6. The van der Waals surface area contributed by atoms with E-state index in [1.54, 1.807) is 48.6 Å². The molecule has 0 unspecified atom stereocenters. The molecule has 0 radical (unpaired) electrons. The van der Waals surface area contributed by atoms with Crippen molar-refractivity contribution in [1.29, 1.82) is 0 Å². The summed E-state index contributed by atoms with van der Waals surface area (Å²) in [5.41, 5.74) is -0.542. The maximum absolute atomic E-state index is 14.0. The van der Waals surface area contributed by atoms with Crippen LogP contribution in [0.4, 0.5) is 0 Å². The Bertz CT molecular complexity index is 4380. The molecule has 0 saturated carbocycles. The Kier molecular flexibility index (Phi) is 27.2. The Labute approximate surface area is 634 Å². The normalized spacial score (nSPS) is 11.0. The number of esters is 12. The summed E-state index contributed by atoms with van der Waals surface area (Å²) >= 11 is 0. The van der Waals surface area contributed by atoms with E-state index in [-0.39, 0.29) is 135 Å². The van der Waals surface area contributed by atoms with Gasteiger partial charge >= 0.3 is 71.6 Å². The van der Waals surface area contributed by atoms with Gasteiger partial charge in [0.1, 0.15) is 68.2 Å². The summed E-state index contributed by atoms with van der Waals surface area (Å²) in [7, 11) is 12.9. The number of benzene rings is 4. The Morgan fingerprint density at radius 2 is 0.393 bits per heavy atom. The highest BCUT2D eigenvalue weighted by Crippen LogP contribution is 2.47. The third kappa shape index (κ3) is 18.7. The molecule has 2 aliphatic heterocycles. The van der Waals surface area contributed by atoms with E-state index in [0.717, 1.165) is 85.3 Å². The van der Waals surface area contributed by atoms with Gasteiger partial charge in [-0.25, -0.2) is 67.5 Å². The molecule has 0 amide bonds. The molecule has 36 nitrogen and oxygen atoms in total. The molecule has 7 aromatic rings. The highest BCUT2D eigenvalue weighted by Gasteiger charge is 2.32. The zero-order valence-electron chi connectivity index (χ0n) is 61.9. The second kappa shape index (κ2) is 37.4. The smallest absolute Gasteiger partial charge is 0.345 e. The van der Waals surface area contributed by atoms with Gasteiger partial charge in [-0.2, -0.15) is 0 Å². The van der Waals surface area contributed by atoms with E-state index in [1.807, 2.05) is 0 Å². The van der Waals surface area contributed by atoms with E-state index in [4.69, 9.17) is 105 Å². The van der Waals surface area contributed by atoms with Gasteiger partial charge in [0.2, 0.25) is 0 Å². The van der Waals surface area contributed by atoms with Gasteiger partial charge in [0.25, 0.3) is 0 Å². The van der Waals surface area contributed by atoms with Gasteiger partial charge in [-0.05, 0) is 119 Å². The van der Waals surface area contributed by atoms with Crippen molar-refractivity contribution in [2.75, 3.05) is 138 Å². The van der Waals surface area contributed by atoms with E-state index in [0.29, 0.717) is 0 Å². The summed E-state index contributed by atoms with van der Waals surface area (Å²) in [6, 6.07) is 16.9. The first-order chi connectivity index (χ1) is 53.9. The van der Waals surface area contributed by atoms with Crippen molar-refractivity contribution >= 4 is 118 Å². The summed E-state index contributed by atoms with van der Waals surface area (Å²) in [4.78, 5) is 177. The molecule has 2 aliphatic rings. The topological polar surface area (TPSA) is 447 Å². The number of methoxy groups -OCH3 is 12. The maximum atomic E-state index is 14.0. The fourth-order valence-electron chi connectivity index (χ4n) is 11.0. The number of aromatic nitrogens is 4. The third-order valence-corrected chi connectivity index (χ3v) is 16.3. The minimum atomic E-state index is -1.07. The van der Waals surface area contributed by atoms with Crippen molar-refractivity contribution in [3.8, 4) is 90.5 Å². The quantitative estimate of drug-likeness (QED) is 0.0320. The van der Waals surface area contributed by atoms with Crippen LogP contribution in [0, 0.1) is 0 Å². The SMILES string of the molecule is COC(=O)COc1cc(-c2c3nc(c(-c4cc(OCC(=O)OC)c(C(=O)OC)c(OCC(=O)OC)c4)c4ccc([nH]4)c(-c4cc(OCC(=O)OC)c(C(=O)OC)c(OCC(=O)OC)c4)c4nc(c(-c5cc(OCC(=O)OC)c(C(=O)OC)c(OCC(=O)OC)c5)c5ccc2[nH]5)C=C4)C=C3)cc(OCC(=O)OC)c1C(=O)OC. The largest absolute Gasteiger partial charge is 0.481 e. The minimum Gasteiger partial charge on any atom is -0.481 e. The van der Waals surface area contributed by atoms with Gasteiger partial charge < -0.3 is 105 Å². The zero-order chi connectivity index (χ0) is 81.0. The van der Waals surface area contributed by atoms with Crippen LogP contribution in [0.25, 0.3) is 90.9 Å². The predicted molar refractivity (Wildman–Crippen MR) is 386 cm³/mol. The van der Waals surface area contributed by atoms with Crippen LogP contribution in [-0.2, 0) is 95.2 Å². The van der Waals surface area contributed by atoms with Crippen LogP contribution in [0.2, 0.25) is 0 Å². The number of aromatic amines is 2. The molecule has 2 N–H and O–H groups in total. The molecule has 112 heavy (non-hydrogen) atoms. The Morgan fingerprint density at radius 1 is 0.241 bits per heavy atom. The molecule has 3 aromatic heterocycles. The van der Waals surface area contributed by atoms with Gasteiger partial charge in [-0.3, -0.25) is 0 Å². The summed E-state index contributed by atoms with van der Waals surface area (Å²) in [6.45, 7) is -6.49. The van der Waals surface area contributed by atoms with E-state index in [2.05, 4.69) is 9.97 Å². The first-order valence-electron chi connectivity index (χ1n) is 32.7.